The Balaban J connectivity index is 1.72. The molecule has 1 amide bonds. The van der Waals surface area contributed by atoms with E-state index in [0.717, 1.165) is 18.4 Å². The monoisotopic (exact) mass is 317 g/mol. The highest BCUT2D eigenvalue weighted by Gasteiger charge is 2.30. The molecule has 1 aliphatic carbocycles. The fourth-order valence-electron chi connectivity index (χ4n) is 2.27. The molecule has 1 aromatic carbocycles. The summed E-state index contributed by atoms with van der Waals surface area (Å²) >= 11 is 5.91. The number of rotatable bonds is 3. The second-order valence-corrected chi connectivity index (χ2v) is 5.61. The largest absolute Gasteiger partial charge is 0.454 e. The Morgan fingerprint density at radius 3 is 2.91 bits per heavy atom. The summed E-state index contributed by atoms with van der Waals surface area (Å²) in [6.45, 7) is 0.205. The molecule has 0 radical (unpaired) electrons. The van der Waals surface area contributed by atoms with E-state index in [1.165, 1.54) is 6.20 Å². The molecule has 1 aromatic heterocycles. The minimum atomic E-state index is -0.0430. The van der Waals surface area contributed by atoms with Crippen LogP contribution in [0.25, 0.3) is 11.3 Å². The van der Waals surface area contributed by atoms with Gasteiger partial charge < -0.3 is 14.8 Å². The van der Waals surface area contributed by atoms with Crippen LogP contribution in [0.3, 0.4) is 0 Å². The summed E-state index contributed by atoms with van der Waals surface area (Å²) in [5.74, 6) is 1.73. The molecule has 6 nitrogen and oxygen atoms in total. The summed E-state index contributed by atoms with van der Waals surface area (Å²) in [5, 5.41) is 3.04. The molecule has 0 saturated heterocycles. The molecule has 2 aromatic rings. The van der Waals surface area contributed by atoms with E-state index in [1.807, 2.05) is 12.1 Å². The van der Waals surface area contributed by atoms with Crippen LogP contribution >= 0.6 is 11.6 Å². The number of nitrogens with one attached hydrogen (secondary N) is 1. The van der Waals surface area contributed by atoms with Crippen molar-refractivity contribution in [2.75, 3.05) is 12.1 Å². The molecule has 22 heavy (non-hydrogen) atoms. The quantitative estimate of drug-likeness (QED) is 0.942. The minimum absolute atomic E-state index is 0.0430. The van der Waals surface area contributed by atoms with Gasteiger partial charge in [-0.3, -0.25) is 4.79 Å². The Morgan fingerprint density at radius 1 is 1.27 bits per heavy atom. The summed E-state index contributed by atoms with van der Waals surface area (Å²) < 4.78 is 10.7. The Labute approximate surface area is 131 Å². The van der Waals surface area contributed by atoms with Gasteiger partial charge in [-0.25, -0.2) is 9.97 Å². The van der Waals surface area contributed by atoms with E-state index < -0.39 is 0 Å². The minimum Gasteiger partial charge on any atom is -0.454 e. The number of ether oxygens (including phenoxy) is 2. The van der Waals surface area contributed by atoms with Gasteiger partial charge in [-0.2, -0.15) is 0 Å². The van der Waals surface area contributed by atoms with E-state index in [-0.39, 0.29) is 23.8 Å². The average molecular weight is 318 g/mol. The van der Waals surface area contributed by atoms with Gasteiger partial charge >= 0.3 is 0 Å². The third-order valence-corrected chi connectivity index (χ3v) is 3.76. The van der Waals surface area contributed by atoms with Crippen molar-refractivity contribution in [2.24, 2.45) is 5.92 Å². The summed E-state index contributed by atoms with van der Waals surface area (Å²) in [6, 6.07) is 5.46. The van der Waals surface area contributed by atoms with Crippen LogP contribution in [-0.2, 0) is 4.79 Å². The molecule has 1 N–H and O–H groups in total. The number of anilines is 1. The van der Waals surface area contributed by atoms with Crippen molar-refractivity contribution >= 4 is 23.3 Å². The fraction of sp³-hybridized carbons (Fsp3) is 0.267. The van der Waals surface area contributed by atoms with Gasteiger partial charge in [-0.05, 0) is 31.0 Å². The van der Waals surface area contributed by atoms with E-state index >= 15 is 0 Å². The van der Waals surface area contributed by atoms with Gasteiger partial charge in [-0.1, -0.05) is 11.6 Å². The van der Waals surface area contributed by atoms with E-state index in [4.69, 9.17) is 21.1 Å². The molecule has 112 valence electrons. The molecule has 2 heterocycles. The van der Waals surface area contributed by atoms with Crippen LogP contribution in [0.2, 0.25) is 5.15 Å². The molecule has 0 atom stereocenters. The zero-order valence-electron chi connectivity index (χ0n) is 11.5. The maximum absolute atomic E-state index is 12.0. The summed E-state index contributed by atoms with van der Waals surface area (Å²) in [4.78, 5) is 20.5. The second-order valence-electron chi connectivity index (χ2n) is 5.22. The van der Waals surface area contributed by atoms with Gasteiger partial charge in [-0.15, -0.1) is 0 Å². The lowest BCUT2D eigenvalue weighted by molar-refractivity contribution is -0.117. The second kappa shape index (κ2) is 5.14. The number of aromatic nitrogens is 2. The number of nitrogens with zero attached hydrogens (tertiary/aromatic N) is 2. The van der Waals surface area contributed by atoms with Crippen LogP contribution in [0.15, 0.2) is 24.4 Å². The maximum Gasteiger partial charge on any atom is 0.231 e. The number of amides is 1. The number of carbonyl (C=O) groups is 1. The van der Waals surface area contributed by atoms with Crippen molar-refractivity contribution in [3.8, 4) is 22.8 Å². The van der Waals surface area contributed by atoms with Gasteiger partial charge in [0.1, 0.15) is 10.8 Å². The highest BCUT2D eigenvalue weighted by Crippen LogP contribution is 2.37. The first-order valence-corrected chi connectivity index (χ1v) is 7.32. The van der Waals surface area contributed by atoms with Gasteiger partial charge in [0.05, 0.1) is 6.20 Å². The maximum atomic E-state index is 12.0. The van der Waals surface area contributed by atoms with E-state index in [9.17, 15) is 4.79 Å². The number of fused-ring (bicyclic) bond motifs is 1. The molecule has 0 unspecified atom stereocenters. The van der Waals surface area contributed by atoms with E-state index in [0.29, 0.717) is 23.0 Å². The molecular formula is C15H12ClN3O3. The Bertz CT molecular complexity index is 762. The standard InChI is InChI=1S/C15H12ClN3O3/c16-12-6-17-13(14(18-12)19-15(20)8-1-2-8)9-3-4-10-11(5-9)22-7-21-10/h3-6,8H,1-2,7H2,(H,18,19,20). The van der Waals surface area contributed by atoms with Crippen LogP contribution in [0.4, 0.5) is 5.82 Å². The smallest absolute Gasteiger partial charge is 0.231 e. The highest BCUT2D eigenvalue weighted by atomic mass is 35.5. The Morgan fingerprint density at radius 2 is 2.09 bits per heavy atom. The molecule has 0 spiro atoms. The first-order valence-electron chi connectivity index (χ1n) is 6.94. The van der Waals surface area contributed by atoms with Gasteiger partial charge in [0.15, 0.2) is 17.3 Å². The Hall–Kier alpha value is -2.34. The van der Waals surface area contributed by atoms with Crippen molar-refractivity contribution in [1.82, 2.24) is 9.97 Å². The lowest BCUT2D eigenvalue weighted by Gasteiger charge is -2.10. The van der Waals surface area contributed by atoms with Crippen molar-refractivity contribution in [1.29, 1.82) is 0 Å². The molecule has 0 bridgehead atoms. The number of carbonyl (C=O) groups excluding carboxylic acids is 1. The highest BCUT2D eigenvalue weighted by molar-refractivity contribution is 6.29. The van der Waals surface area contributed by atoms with Crippen molar-refractivity contribution in [2.45, 2.75) is 12.8 Å². The third-order valence-electron chi connectivity index (χ3n) is 3.58. The van der Waals surface area contributed by atoms with E-state index in [1.54, 1.807) is 6.07 Å². The fourth-order valence-corrected chi connectivity index (χ4v) is 2.41. The molecule has 1 fully saturated rings. The SMILES string of the molecule is O=C(Nc1nc(Cl)cnc1-c1ccc2c(c1)OCO2)C1CC1. The van der Waals surface area contributed by atoms with Gasteiger partial charge in [0.25, 0.3) is 0 Å². The van der Waals surface area contributed by atoms with Gasteiger partial charge in [0, 0.05) is 11.5 Å². The number of hydrogen-bond donors (Lipinski definition) is 1. The lowest BCUT2D eigenvalue weighted by atomic mass is 10.1. The van der Waals surface area contributed by atoms with Crippen molar-refractivity contribution in [3.63, 3.8) is 0 Å². The molecule has 7 heteroatoms. The molecular weight excluding hydrogens is 306 g/mol. The zero-order valence-corrected chi connectivity index (χ0v) is 12.3. The average Bonchev–Trinajstić information content (AvgIpc) is 3.25. The van der Waals surface area contributed by atoms with Crippen molar-refractivity contribution in [3.05, 3.63) is 29.5 Å². The number of hydrogen-bond acceptors (Lipinski definition) is 5. The molecule has 4 rings (SSSR count). The first kappa shape index (κ1) is 13.3. The summed E-state index contributed by atoms with van der Waals surface area (Å²) in [5.41, 5.74) is 1.33. The third kappa shape index (κ3) is 2.46. The predicted octanol–water partition coefficient (Wildman–Crippen LogP) is 2.87. The predicted molar refractivity (Wildman–Crippen MR) is 80.0 cm³/mol. The van der Waals surface area contributed by atoms with E-state index in [2.05, 4.69) is 15.3 Å². The summed E-state index contributed by atoms with van der Waals surface area (Å²) in [6.07, 6.45) is 3.28. The van der Waals surface area contributed by atoms with Crippen LogP contribution in [-0.4, -0.2) is 22.7 Å². The van der Waals surface area contributed by atoms with Crippen LogP contribution in [0.1, 0.15) is 12.8 Å². The molecule has 1 aliphatic heterocycles. The first-order chi connectivity index (χ1) is 10.7. The Kier molecular flexibility index (Phi) is 3.11. The van der Waals surface area contributed by atoms with Crippen LogP contribution in [0.5, 0.6) is 11.5 Å². The van der Waals surface area contributed by atoms with Crippen molar-refractivity contribution < 1.29 is 14.3 Å². The lowest BCUT2D eigenvalue weighted by Crippen LogP contribution is -2.15. The normalized spacial score (nSPS) is 15.7. The van der Waals surface area contributed by atoms with Crippen LogP contribution in [0, 0.1) is 5.92 Å². The van der Waals surface area contributed by atoms with Crippen LogP contribution < -0.4 is 14.8 Å². The van der Waals surface area contributed by atoms with Gasteiger partial charge in [0.2, 0.25) is 12.7 Å². The molecule has 1 saturated carbocycles. The molecule has 2 aliphatic rings. The number of benzene rings is 1. The zero-order chi connectivity index (χ0) is 15.1. The number of halogens is 1. The topological polar surface area (TPSA) is 73.3 Å². The summed E-state index contributed by atoms with van der Waals surface area (Å²) in [7, 11) is 0.